The average molecular weight is 438 g/mol. The lowest BCUT2D eigenvalue weighted by molar-refractivity contribution is 0.0780. The van der Waals surface area contributed by atoms with Gasteiger partial charge in [-0.3, -0.25) is 14.0 Å². The molecule has 4 heterocycles. The van der Waals surface area contributed by atoms with Gasteiger partial charge in [-0.1, -0.05) is 6.92 Å². The van der Waals surface area contributed by atoms with Crippen molar-refractivity contribution in [3.05, 3.63) is 45.6 Å². The van der Waals surface area contributed by atoms with E-state index in [1.807, 2.05) is 28.4 Å². The van der Waals surface area contributed by atoms with Crippen LogP contribution in [0, 0.1) is 6.92 Å². The standard InChI is InChI=1S/C24H31N5O3/c1-4-27(3)17-5-8-28(14-17)24(31)18-12-19-20(11-15(18)2)29-21(23(30)26-19)13-25-22(29)16-6-9-32-10-7-16/h11-13,16-17H,4-10,14H2,1-3H3,(H,26,30)/t17-/m1/s1. The van der Waals surface area contributed by atoms with Crippen molar-refractivity contribution in [1.29, 1.82) is 0 Å². The fourth-order valence-electron chi connectivity index (χ4n) is 5.13. The Balaban J connectivity index is 1.56. The number of carbonyl (C=O) groups excluding carboxylic acids is 1. The second kappa shape index (κ2) is 8.33. The van der Waals surface area contributed by atoms with Crippen molar-refractivity contribution >= 4 is 22.5 Å². The monoisotopic (exact) mass is 437 g/mol. The van der Waals surface area contributed by atoms with Gasteiger partial charge in [-0.05, 0) is 57.5 Å². The van der Waals surface area contributed by atoms with Crippen LogP contribution in [0.4, 0.5) is 0 Å². The number of rotatable bonds is 4. The zero-order valence-corrected chi connectivity index (χ0v) is 19.1. The van der Waals surface area contributed by atoms with Gasteiger partial charge in [-0.2, -0.15) is 0 Å². The van der Waals surface area contributed by atoms with Gasteiger partial charge in [0, 0.05) is 43.8 Å². The Morgan fingerprint density at radius 3 is 2.78 bits per heavy atom. The first-order valence-electron chi connectivity index (χ1n) is 11.6. The van der Waals surface area contributed by atoms with E-state index in [4.69, 9.17) is 4.74 Å². The minimum Gasteiger partial charge on any atom is -0.381 e. The number of likely N-dealkylation sites (N-methyl/N-ethyl adjacent to an activating group) is 1. The summed E-state index contributed by atoms with van der Waals surface area (Å²) in [7, 11) is 2.11. The minimum absolute atomic E-state index is 0.0348. The van der Waals surface area contributed by atoms with Gasteiger partial charge in [0.1, 0.15) is 11.3 Å². The first-order valence-corrected chi connectivity index (χ1v) is 11.6. The molecular weight excluding hydrogens is 406 g/mol. The maximum absolute atomic E-state index is 13.4. The summed E-state index contributed by atoms with van der Waals surface area (Å²) >= 11 is 0. The van der Waals surface area contributed by atoms with Crippen molar-refractivity contribution in [2.75, 3.05) is 39.9 Å². The van der Waals surface area contributed by atoms with Crippen LogP contribution < -0.4 is 5.56 Å². The SMILES string of the molecule is CCN(C)[C@@H]1CCN(C(=O)c2cc3[nH]c(=O)c4cnc(C5CCOCC5)n4c3cc2C)C1. The number of likely N-dealkylation sites (tertiary alicyclic amines) is 1. The van der Waals surface area contributed by atoms with Crippen molar-refractivity contribution in [3.63, 3.8) is 0 Å². The van der Waals surface area contributed by atoms with Gasteiger partial charge in [-0.15, -0.1) is 0 Å². The number of amides is 1. The largest absolute Gasteiger partial charge is 0.381 e. The van der Waals surface area contributed by atoms with Crippen molar-refractivity contribution in [2.45, 2.75) is 45.1 Å². The molecule has 5 rings (SSSR count). The van der Waals surface area contributed by atoms with Gasteiger partial charge < -0.3 is 19.5 Å². The van der Waals surface area contributed by atoms with Gasteiger partial charge in [-0.25, -0.2) is 4.98 Å². The van der Waals surface area contributed by atoms with E-state index >= 15 is 0 Å². The molecule has 2 fully saturated rings. The van der Waals surface area contributed by atoms with Crippen LogP contribution in [0.25, 0.3) is 16.6 Å². The molecule has 1 amide bonds. The molecule has 0 radical (unpaired) electrons. The molecule has 32 heavy (non-hydrogen) atoms. The van der Waals surface area contributed by atoms with Crippen molar-refractivity contribution < 1.29 is 9.53 Å². The molecule has 0 saturated carbocycles. The minimum atomic E-state index is -0.184. The van der Waals surface area contributed by atoms with E-state index in [1.54, 1.807) is 6.20 Å². The Morgan fingerprint density at radius 2 is 2.03 bits per heavy atom. The van der Waals surface area contributed by atoms with Crippen LogP contribution >= 0.6 is 0 Å². The van der Waals surface area contributed by atoms with E-state index in [2.05, 4.69) is 28.8 Å². The molecule has 1 aromatic carbocycles. The third-order valence-corrected chi connectivity index (χ3v) is 7.24. The number of benzene rings is 1. The van der Waals surface area contributed by atoms with Gasteiger partial charge in [0.05, 0.1) is 17.2 Å². The molecule has 170 valence electrons. The van der Waals surface area contributed by atoms with Crippen LogP contribution in [0.1, 0.15) is 53.8 Å². The van der Waals surface area contributed by atoms with Gasteiger partial charge >= 0.3 is 0 Å². The van der Waals surface area contributed by atoms with Gasteiger partial charge in [0.25, 0.3) is 11.5 Å². The lowest BCUT2D eigenvalue weighted by Gasteiger charge is -2.23. The predicted molar refractivity (Wildman–Crippen MR) is 123 cm³/mol. The summed E-state index contributed by atoms with van der Waals surface area (Å²) in [6.07, 6.45) is 4.44. The molecule has 3 aromatic rings. The summed E-state index contributed by atoms with van der Waals surface area (Å²) in [6, 6.07) is 4.26. The molecule has 1 N–H and O–H groups in total. The predicted octanol–water partition coefficient (Wildman–Crippen LogP) is 2.54. The molecule has 8 nitrogen and oxygen atoms in total. The number of nitrogens with one attached hydrogen (secondary N) is 1. The Morgan fingerprint density at radius 1 is 1.25 bits per heavy atom. The maximum Gasteiger partial charge on any atom is 0.274 e. The number of ether oxygens (including phenoxy) is 1. The van der Waals surface area contributed by atoms with Crippen molar-refractivity contribution in [1.82, 2.24) is 24.2 Å². The molecule has 2 aromatic heterocycles. The van der Waals surface area contributed by atoms with E-state index in [0.29, 0.717) is 35.9 Å². The van der Waals surface area contributed by atoms with E-state index in [9.17, 15) is 9.59 Å². The Kier molecular flexibility index (Phi) is 5.51. The second-order valence-corrected chi connectivity index (χ2v) is 9.13. The summed E-state index contributed by atoms with van der Waals surface area (Å²) in [5, 5.41) is 0. The number of aromatic amines is 1. The van der Waals surface area contributed by atoms with Crippen molar-refractivity contribution in [2.24, 2.45) is 0 Å². The Labute approximate surface area is 187 Å². The lowest BCUT2D eigenvalue weighted by atomic mass is 9.99. The van der Waals surface area contributed by atoms with Gasteiger partial charge in [0.2, 0.25) is 0 Å². The molecular formula is C24H31N5O3. The number of nitrogens with zero attached hydrogens (tertiary/aromatic N) is 4. The van der Waals surface area contributed by atoms with Gasteiger partial charge in [0.15, 0.2) is 0 Å². The first kappa shape index (κ1) is 21.2. The number of hydrogen-bond acceptors (Lipinski definition) is 5. The van der Waals surface area contributed by atoms with E-state index < -0.39 is 0 Å². The summed E-state index contributed by atoms with van der Waals surface area (Å²) in [5.74, 6) is 1.20. The molecule has 0 unspecified atom stereocenters. The normalized spacial score (nSPS) is 20.1. The molecule has 2 saturated heterocycles. The molecule has 0 spiro atoms. The number of carbonyl (C=O) groups is 1. The van der Waals surface area contributed by atoms with Crippen LogP contribution in [0.5, 0.6) is 0 Å². The van der Waals surface area contributed by atoms with Crippen LogP contribution in [0.2, 0.25) is 0 Å². The average Bonchev–Trinajstić information content (AvgIpc) is 3.47. The van der Waals surface area contributed by atoms with E-state index in [1.165, 1.54) is 0 Å². The smallest absolute Gasteiger partial charge is 0.274 e. The zero-order valence-electron chi connectivity index (χ0n) is 19.1. The first-order chi connectivity index (χ1) is 15.5. The van der Waals surface area contributed by atoms with E-state index in [-0.39, 0.29) is 17.4 Å². The van der Waals surface area contributed by atoms with E-state index in [0.717, 1.165) is 55.8 Å². The fraction of sp³-hybridized carbons (Fsp3) is 0.542. The molecule has 2 aliphatic heterocycles. The molecule has 0 bridgehead atoms. The number of imidazole rings is 1. The fourth-order valence-corrected chi connectivity index (χ4v) is 5.13. The van der Waals surface area contributed by atoms with Crippen LogP contribution in [-0.2, 0) is 4.74 Å². The highest BCUT2D eigenvalue weighted by Crippen LogP contribution is 2.29. The number of aromatic nitrogens is 3. The second-order valence-electron chi connectivity index (χ2n) is 9.13. The highest BCUT2D eigenvalue weighted by molar-refractivity contribution is 5.99. The number of H-pyrrole nitrogens is 1. The summed E-state index contributed by atoms with van der Waals surface area (Å²) < 4.78 is 7.49. The summed E-state index contributed by atoms with van der Waals surface area (Å²) in [6.45, 7) is 8.01. The molecule has 0 aliphatic carbocycles. The number of hydrogen-bond donors (Lipinski definition) is 1. The Bertz CT molecular complexity index is 1220. The highest BCUT2D eigenvalue weighted by atomic mass is 16.5. The maximum atomic E-state index is 13.4. The third-order valence-electron chi connectivity index (χ3n) is 7.24. The lowest BCUT2D eigenvalue weighted by Crippen LogP contribution is -2.36. The Hall–Kier alpha value is -2.71. The molecule has 1 atom stereocenters. The molecule has 2 aliphatic rings. The quantitative estimate of drug-likeness (QED) is 0.678. The van der Waals surface area contributed by atoms with Crippen LogP contribution in [0.3, 0.4) is 0 Å². The number of fused-ring (bicyclic) bond motifs is 3. The highest BCUT2D eigenvalue weighted by Gasteiger charge is 2.30. The molecule has 8 heteroatoms. The van der Waals surface area contributed by atoms with Crippen LogP contribution in [-0.4, -0.2) is 76.0 Å². The topological polar surface area (TPSA) is 82.9 Å². The van der Waals surface area contributed by atoms with Crippen LogP contribution in [0.15, 0.2) is 23.1 Å². The summed E-state index contributed by atoms with van der Waals surface area (Å²) in [4.78, 5) is 38.0. The zero-order chi connectivity index (χ0) is 22.4. The van der Waals surface area contributed by atoms with Crippen molar-refractivity contribution in [3.8, 4) is 0 Å². The summed E-state index contributed by atoms with van der Waals surface area (Å²) in [5.41, 5.74) is 3.48. The third kappa shape index (κ3) is 3.51. The number of aryl methyl sites for hydroxylation is 1.